The summed E-state index contributed by atoms with van der Waals surface area (Å²) in [5.41, 5.74) is 0. The SMILES string of the molecule is CC(=O)[C@H]1C[C@H](C(C)=O)[C@H](C)[C@H](O[Si](c2ccccc2)(c2ccccc2)C(C)(C)C)C1. The number of rotatable bonds is 6. The van der Waals surface area contributed by atoms with Crippen LogP contribution in [0.1, 0.15) is 54.4 Å². The molecule has 0 amide bonds. The largest absolute Gasteiger partial charge is 0.404 e. The van der Waals surface area contributed by atoms with Gasteiger partial charge in [-0.1, -0.05) is 88.4 Å². The van der Waals surface area contributed by atoms with E-state index < -0.39 is 8.32 Å². The fourth-order valence-corrected chi connectivity index (χ4v) is 10.1. The third-order valence-corrected chi connectivity index (χ3v) is 12.2. The van der Waals surface area contributed by atoms with Gasteiger partial charge in [0.25, 0.3) is 8.32 Å². The zero-order chi connectivity index (χ0) is 22.8. The first-order chi connectivity index (χ1) is 14.6. The summed E-state index contributed by atoms with van der Waals surface area (Å²) < 4.78 is 7.32. The molecule has 2 aromatic carbocycles. The Morgan fingerprint density at radius 2 is 1.32 bits per heavy atom. The maximum absolute atomic E-state index is 12.5. The van der Waals surface area contributed by atoms with Gasteiger partial charge in [0.05, 0.1) is 0 Å². The number of carbonyl (C=O) groups is 2. The van der Waals surface area contributed by atoms with E-state index in [0.29, 0.717) is 12.8 Å². The van der Waals surface area contributed by atoms with Gasteiger partial charge in [-0.2, -0.15) is 0 Å². The summed E-state index contributed by atoms with van der Waals surface area (Å²) in [6, 6.07) is 21.1. The zero-order valence-electron chi connectivity index (χ0n) is 19.7. The molecule has 0 radical (unpaired) electrons. The van der Waals surface area contributed by atoms with Gasteiger partial charge in [-0.15, -0.1) is 0 Å². The lowest BCUT2D eigenvalue weighted by molar-refractivity contribution is -0.131. The van der Waals surface area contributed by atoms with Crippen LogP contribution in [0.4, 0.5) is 0 Å². The fraction of sp³-hybridized carbons (Fsp3) is 0.481. The highest BCUT2D eigenvalue weighted by Crippen LogP contribution is 2.43. The van der Waals surface area contributed by atoms with Crippen molar-refractivity contribution in [2.24, 2.45) is 17.8 Å². The van der Waals surface area contributed by atoms with Crippen LogP contribution >= 0.6 is 0 Å². The molecule has 1 aliphatic carbocycles. The molecule has 31 heavy (non-hydrogen) atoms. The minimum absolute atomic E-state index is 0.0785. The van der Waals surface area contributed by atoms with Crippen molar-refractivity contribution in [1.82, 2.24) is 0 Å². The molecule has 2 aromatic rings. The molecule has 1 aliphatic rings. The first kappa shape index (κ1) is 23.6. The van der Waals surface area contributed by atoms with Crippen LogP contribution in [0.3, 0.4) is 0 Å². The van der Waals surface area contributed by atoms with Crippen molar-refractivity contribution in [3.63, 3.8) is 0 Å². The highest BCUT2D eigenvalue weighted by molar-refractivity contribution is 6.99. The quantitative estimate of drug-likeness (QED) is 0.613. The third-order valence-electron chi connectivity index (χ3n) is 7.12. The van der Waals surface area contributed by atoms with Gasteiger partial charge < -0.3 is 4.43 Å². The van der Waals surface area contributed by atoms with Gasteiger partial charge in [-0.25, -0.2) is 0 Å². The Morgan fingerprint density at radius 3 is 1.71 bits per heavy atom. The first-order valence-electron chi connectivity index (χ1n) is 11.4. The predicted molar refractivity (Wildman–Crippen MR) is 129 cm³/mol. The fourth-order valence-electron chi connectivity index (χ4n) is 5.31. The second-order valence-electron chi connectivity index (χ2n) is 10.2. The van der Waals surface area contributed by atoms with Gasteiger partial charge >= 0.3 is 0 Å². The highest BCUT2D eigenvalue weighted by atomic mass is 28.4. The van der Waals surface area contributed by atoms with Crippen molar-refractivity contribution in [2.75, 3.05) is 0 Å². The Bertz CT molecular complexity index is 862. The summed E-state index contributed by atoms with van der Waals surface area (Å²) in [7, 11) is -2.73. The van der Waals surface area contributed by atoms with E-state index in [1.54, 1.807) is 13.8 Å². The van der Waals surface area contributed by atoms with Crippen molar-refractivity contribution < 1.29 is 14.0 Å². The van der Waals surface area contributed by atoms with Crippen molar-refractivity contribution in [1.29, 1.82) is 0 Å². The van der Waals surface area contributed by atoms with Crippen LogP contribution in [0.15, 0.2) is 60.7 Å². The van der Waals surface area contributed by atoms with Crippen molar-refractivity contribution >= 4 is 30.3 Å². The third kappa shape index (κ3) is 4.60. The van der Waals surface area contributed by atoms with Crippen molar-refractivity contribution in [3.8, 4) is 0 Å². The van der Waals surface area contributed by atoms with E-state index in [9.17, 15) is 9.59 Å². The first-order valence-corrected chi connectivity index (χ1v) is 13.3. The average molecular weight is 437 g/mol. The molecule has 4 atom stereocenters. The Balaban J connectivity index is 2.16. The van der Waals surface area contributed by atoms with Crippen LogP contribution in [0.2, 0.25) is 5.04 Å². The topological polar surface area (TPSA) is 43.4 Å². The van der Waals surface area contributed by atoms with Crippen LogP contribution in [0, 0.1) is 17.8 Å². The molecule has 166 valence electrons. The van der Waals surface area contributed by atoms with E-state index in [0.717, 1.165) is 0 Å². The van der Waals surface area contributed by atoms with Gasteiger partial charge in [0, 0.05) is 17.9 Å². The van der Waals surface area contributed by atoms with E-state index in [1.807, 2.05) is 12.1 Å². The number of ketones is 2. The molecule has 0 unspecified atom stereocenters. The Hall–Kier alpha value is -2.04. The van der Waals surface area contributed by atoms with E-state index in [4.69, 9.17) is 4.43 Å². The summed E-state index contributed by atoms with van der Waals surface area (Å²) in [5, 5.41) is 2.32. The van der Waals surface area contributed by atoms with E-state index >= 15 is 0 Å². The van der Waals surface area contributed by atoms with E-state index in [1.165, 1.54) is 10.4 Å². The molecule has 0 aromatic heterocycles. The summed E-state index contributed by atoms with van der Waals surface area (Å²) >= 11 is 0. The molecule has 4 heteroatoms. The van der Waals surface area contributed by atoms with Gasteiger partial charge in [0.1, 0.15) is 11.6 Å². The lowest BCUT2D eigenvalue weighted by atomic mass is 9.70. The predicted octanol–water partition coefficient (Wildman–Crippen LogP) is 4.77. The Kier molecular flexibility index (Phi) is 7.02. The van der Waals surface area contributed by atoms with Gasteiger partial charge in [0.2, 0.25) is 0 Å². The second-order valence-corrected chi connectivity index (χ2v) is 14.4. The number of hydrogen-bond acceptors (Lipinski definition) is 3. The number of benzene rings is 2. The maximum Gasteiger partial charge on any atom is 0.261 e. The van der Waals surface area contributed by atoms with Crippen molar-refractivity contribution in [3.05, 3.63) is 60.7 Å². The molecule has 1 saturated carbocycles. The number of Topliss-reactive ketones (excluding diaryl/α,β-unsaturated/α-hetero) is 2. The summed E-state index contributed by atoms with van der Waals surface area (Å²) in [6.45, 7) is 12.2. The van der Waals surface area contributed by atoms with Crippen LogP contribution in [-0.4, -0.2) is 26.0 Å². The Labute approximate surface area is 188 Å². The van der Waals surface area contributed by atoms with Gasteiger partial charge in [0.15, 0.2) is 0 Å². The van der Waals surface area contributed by atoms with E-state index in [2.05, 4.69) is 76.2 Å². The van der Waals surface area contributed by atoms with Crippen molar-refractivity contribution in [2.45, 2.75) is 65.5 Å². The van der Waals surface area contributed by atoms with Crippen LogP contribution in [0.5, 0.6) is 0 Å². The number of hydrogen-bond donors (Lipinski definition) is 0. The lowest BCUT2D eigenvalue weighted by Crippen LogP contribution is -2.68. The highest BCUT2D eigenvalue weighted by Gasteiger charge is 2.53. The molecule has 0 bridgehead atoms. The zero-order valence-corrected chi connectivity index (χ0v) is 20.7. The Morgan fingerprint density at radius 1 is 0.839 bits per heavy atom. The molecule has 0 heterocycles. The second kappa shape index (κ2) is 9.21. The summed E-state index contributed by atoms with van der Waals surface area (Å²) in [6.07, 6.45) is 1.19. The smallest absolute Gasteiger partial charge is 0.261 e. The van der Waals surface area contributed by atoms with Gasteiger partial charge in [-0.05, 0) is 48.0 Å². The summed E-state index contributed by atoms with van der Waals surface area (Å²) in [5.74, 6) is 0.151. The minimum Gasteiger partial charge on any atom is -0.404 e. The summed E-state index contributed by atoms with van der Waals surface area (Å²) in [4.78, 5) is 24.8. The molecule has 3 nitrogen and oxygen atoms in total. The molecular weight excluding hydrogens is 400 g/mol. The average Bonchev–Trinajstić information content (AvgIpc) is 2.73. The van der Waals surface area contributed by atoms with Crippen LogP contribution < -0.4 is 10.4 Å². The molecule has 1 fully saturated rings. The van der Waals surface area contributed by atoms with E-state index in [-0.39, 0.29) is 40.5 Å². The minimum atomic E-state index is -2.73. The number of carbonyl (C=O) groups excluding carboxylic acids is 2. The molecular formula is C27H36O3Si. The molecule has 0 saturated heterocycles. The normalized spacial score (nSPS) is 24.6. The molecule has 0 N–H and O–H groups in total. The molecule has 0 aliphatic heterocycles. The lowest BCUT2D eigenvalue weighted by Gasteiger charge is -2.49. The monoisotopic (exact) mass is 436 g/mol. The standard InChI is InChI=1S/C27H36O3Si/c1-19-25(21(3)29)17-22(20(2)28)18-26(19)30-31(27(4,5)6,23-13-9-7-10-14-23)24-15-11-8-12-16-24/h7-16,19,22,25-26H,17-18H2,1-6H3/t19-,22-,25-,26+/m0/s1. The molecule has 0 spiro atoms. The maximum atomic E-state index is 12.5. The van der Waals surface area contributed by atoms with Gasteiger partial charge in [-0.3, -0.25) is 9.59 Å². The molecule has 3 rings (SSSR count). The van der Waals surface area contributed by atoms with Crippen LogP contribution in [0.25, 0.3) is 0 Å². The van der Waals surface area contributed by atoms with Crippen LogP contribution in [-0.2, 0) is 14.0 Å².